The monoisotopic (exact) mass is 357 g/mol. The summed E-state index contributed by atoms with van der Waals surface area (Å²) in [6.45, 7) is 7.17. The minimum Gasteiger partial charge on any atom is -0.481 e. The van der Waals surface area contributed by atoms with Crippen molar-refractivity contribution >= 4 is 18.0 Å². The molecule has 0 aromatic carbocycles. The first-order valence-electron chi connectivity index (χ1n) is 8.88. The van der Waals surface area contributed by atoms with Crippen LogP contribution in [0.5, 0.6) is 0 Å². The number of aliphatic carboxylic acids is 1. The molecule has 0 heterocycles. The molecule has 1 amide bonds. The number of carboxylic acid groups (broad SMARTS) is 1. The van der Waals surface area contributed by atoms with E-state index in [1.54, 1.807) is 27.7 Å². The van der Waals surface area contributed by atoms with E-state index < -0.39 is 29.0 Å². The number of nitrogens with one attached hydrogen (secondary N) is 1. The molecule has 1 aliphatic carbocycles. The summed E-state index contributed by atoms with van der Waals surface area (Å²) in [5.74, 6) is -1.20. The first kappa shape index (κ1) is 21.3. The highest BCUT2D eigenvalue weighted by Crippen LogP contribution is 2.38. The second-order valence-corrected chi connectivity index (χ2v) is 8.05. The van der Waals surface area contributed by atoms with Crippen LogP contribution in [0, 0.1) is 10.8 Å². The second-order valence-electron chi connectivity index (χ2n) is 8.05. The predicted octanol–water partition coefficient (Wildman–Crippen LogP) is 3.12. The molecule has 1 fully saturated rings. The molecule has 2 N–H and O–H groups in total. The molecule has 0 aromatic rings. The van der Waals surface area contributed by atoms with Crippen LogP contribution in [-0.2, 0) is 19.1 Å². The number of hydrogen-bond acceptors (Lipinski definition) is 5. The van der Waals surface area contributed by atoms with Gasteiger partial charge in [0.05, 0.1) is 11.8 Å². The molecule has 1 atom stereocenters. The number of hydrogen-bond donors (Lipinski definition) is 2. The van der Waals surface area contributed by atoms with Crippen molar-refractivity contribution in [3.63, 3.8) is 0 Å². The van der Waals surface area contributed by atoms with E-state index in [1.165, 1.54) is 0 Å². The van der Waals surface area contributed by atoms with E-state index in [1.807, 2.05) is 0 Å². The fourth-order valence-corrected chi connectivity index (χ4v) is 2.97. The van der Waals surface area contributed by atoms with Gasteiger partial charge >= 0.3 is 18.0 Å². The highest BCUT2D eigenvalue weighted by Gasteiger charge is 2.35. The van der Waals surface area contributed by atoms with E-state index in [-0.39, 0.29) is 25.5 Å². The summed E-state index contributed by atoms with van der Waals surface area (Å²) in [6.07, 6.45) is 3.49. The Hall–Kier alpha value is -1.79. The lowest BCUT2D eigenvalue weighted by Crippen LogP contribution is -2.41. The second kappa shape index (κ2) is 9.06. The Kier molecular flexibility index (Phi) is 7.70. The number of amides is 1. The van der Waals surface area contributed by atoms with Gasteiger partial charge in [0.2, 0.25) is 0 Å². The van der Waals surface area contributed by atoms with Crippen LogP contribution in [-0.4, -0.2) is 42.4 Å². The number of ether oxygens (including phenoxy) is 2. The molecule has 0 aliphatic heterocycles. The third kappa shape index (κ3) is 7.75. The number of carboxylic acids is 1. The van der Waals surface area contributed by atoms with Gasteiger partial charge in [-0.3, -0.25) is 9.59 Å². The summed E-state index contributed by atoms with van der Waals surface area (Å²) in [6, 6.07) is 0. The zero-order chi connectivity index (χ0) is 19.1. The smallest absolute Gasteiger partial charge is 0.407 e. The lowest BCUT2D eigenvalue weighted by molar-refractivity contribution is -0.155. The largest absolute Gasteiger partial charge is 0.481 e. The van der Waals surface area contributed by atoms with Gasteiger partial charge in [0.15, 0.2) is 0 Å². The molecular formula is C18H31NO6. The minimum atomic E-state index is -0.848. The van der Waals surface area contributed by atoms with Gasteiger partial charge in [-0.2, -0.15) is 0 Å². The fraction of sp³-hybridized carbons (Fsp3) is 0.833. The Balaban J connectivity index is 2.41. The van der Waals surface area contributed by atoms with Gasteiger partial charge in [-0.15, -0.1) is 0 Å². The maximum Gasteiger partial charge on any atom is 0.407 e. The SMILES string of the molecule is CC(COC(=O)C(C)(C)C)OC(=O)NCC1(CC(=O)O)CCCCC1. The van der Waals surface area contributed by atoms with Crippen LogP contribution in [0.1, 0.15) is 66.2 Å². The van der Waals surface area contributed by atoms with Gasteiger partial charge in [-0.05, 0) is 46.0 Å². The first-order valence-corrected chi connectivity index (χ1v) is 8.88. The molecule has 0 saturated heterocycles. The van der Waals surface area contributed by atoms with Crippen molar-refractivity contribution in [3.8, 4) is 0 Å². The Labute approximate surface area is 149 Å². The molecule has 1 saturated carbocycles. The predicted molar refractivity (Wildman–Crippen MR) is 92.1 cm³/mol. The molecule has 144 valence electrons. The highest BCUT2D eigenvalue weighted by molar-refractivity contribution is 5.75. The molecule has 0 aromatic heterocycles. The van der Waals surface area contributed by atoms with Gasteiger partial charge < -0.3 is 19.9 Å². The molecule has 25 heavy (non-hydrogen) atoms. The topological polar surface area (TPSA) is 102 Å². The van der Waals surface area contributed by atoms with Crippen LogP contribution in [0.2, 0.25) is 0 Å². The van der Waals surface area contributed by atoms with Crippen molar-refractivity contribution in [1.82, 2.24) is 5.32 Å². The van der Waals surface area contributed by atoms with E-state index in [0.29, 0.717) is 0 Å². The van der Waals surface area contributed by atoms with Crippen molar-refractivity contribution in [2.75, 3.05) is 13.2 Å². The standard InChI is InChI=1S/C18H31NO6/c1-13(11-24-15(22)17(2,3)4)25-16(23)19-12-18(10-14(20)21)8-6-5-7-9-18/h13H,5-12H2,1-4H3,(H,19,23)(H,20,21). The van der Waals surface area contributed by atoms with Crippen molar-refractivity contribution in [2.45, 2.75) is 72.3 Å². The lowest BCUT2D eigenvalue weighted by Gasteiger charge is -2.36. The highest BCUT2D eigenvalue weighted by atomic mass is 16.6. The van der Waals surface area contributed by atoms with Gasteiger partial charge in [-0.25, -0.2) is 4.79 Å². The molecule has 1 rings (SSSR count). The maximum absolute atomic E-state index is 11.9. The minimum absolute atomic E-state index is 0.0101. The van der Waals surface area contributed by atoms with E-state index in [2.05, 4.69) is 5.32 Å². The number of esters is 1. The molecule has 0 radical (unpaired) electrons. The Morgan fingerprint density at radius 2 is 1.76 bits per heavy atom. The van der Waals surface area contributed by atoms with Crippen LogP contribution >= 0.6 is 0 Å². The van der Waals surface area contributed by atoms with Gasteiger partial charge in [-0.1, -0.05) is 19.3 Å². The van der Waals surface area contributed by atoms with Crippen LogP contribution in [0.3, 0.4) is 0 Å². The summed E-state index contributed by atoms with van der Waals surface area (Å²) in [7, 11) is 0. The quantitative estimate of drug-likeness (QED) is 0.679. The van der Waals surface area contributed by atoms with Gasteiger partial charge in [0.1, 0.15) is 12.7 Å². The third-order valence-corrected chi connectivity index (χ3v) is 4.42. The molecular weight excluding hydrogens is 326 g/mol. The molecule has 7 heteroatoms. The average Bonchev–Trinajstić information content (AvgIpc) is 2.50. The summed E-state index contributed by atoms with van der Waals surface area (Å²) >= 11 is 0. The molecule has 0 spiro atoms. The van der Waals surface area contributed by atoms with Crippen molar-refractivity contribution in [3.05, 3.63) is 0 Å². The molecule has 1 unspecified atom stereocenters. The molecule has 0 bridgehead atoms. The zero-order valence-corrected chi connectivity index (χ0v) is 15.7. The molecule has 7 nitrogen and oxygen atoms in total. The van der Waals surface area contributed by atoms with Crippen LogP contribution in [0.15, 0.2) is 0 Å². The average molecular weight is 357 g/mol. The van der Waals surface area contributed by atoms with Crippen molar-refractivity contribution in [2.24, 2.45) is 10.8 Å². The van der Waals surface area contributed by atoms with Crippen LogP contribution in [0.4, 0.5) is 4.79 Å². The Bertz CT molecular complexity index is 476. The number of carbonyl (C=O) groups excluding carboxylic acids is 2. The summed E-state index contributed by atoms with van der Waals surface area (Å²) in [4.78, 5) is 34.8. The van der Waals surface area contributed by atoms with Crippen molar-refractivity contribution < 1.29 is 29.0 Å². The van der Waals surface area contributed by atoms with E-state index in [0.717, 1.165) is 32.1 Å². The fourth-order valence-electron chi connectivity index (χ4n) is 2.97. The number of alkyl carbamates (subject to hydrolysis) is 1. The third-order valence-electron chi connectivity index (χ3n) is 4.42. The maximum atomic E-state index is 11.9. The van der Waals surface area contributed by atoms with E-state index >= 15 is 0 Å². The van der Waals surface area contributed by atoms with E-state index in [9.17, 15) is 14.4 Å². The number of rotatable bonds is 7. The molecule has 1 aliphatic rings. The summed E-state index contributed by atoms with van der Waals surface area (Å²) < 4.78 is 10.3. The summed E-state index contributed by atoms with van der Waals surface area (Å²) in [5, 5.41) is 11.8. The number of carbonyl (C=O) groups is 3. The first-order chi connectivity index (χ1) is 11.5. The Morgan fingerprint density at radius 3 is 2.28 bits per heavy atom. The van der Waals surface area contributed by atoms with Crippen LogP contribution < -0.4 is 5.32 Å². The Morgan fingerprint density at radius 1 is 1.16 bits per heavy atom. The van der Waals surface area contributed by atoms with Gasteiger partial charge in [0, 0.05) is 6.54 Å². The van der Waals surface area contributed by atoms with Crippen LogP contribution in [0.25, 0.3) is 0 Å². The van der Waals surface area contributed by atoms with Crippen molar-refractivity contribution in [1.29, 1.82) is 0 Å². The van der Waals surface area contributed by atoms with E-state index in [4.69, 9.17) is 14.6 Å². The van der Waals surface area contributed by atoms with Gasteiger partial charge in [0.25, 0.3) is 0 Å². The lowest BCUT2D eigenvalue weighted by atomic mass is 9.72. The normalized spacial score (nSPS) is 18.1. The zero-order valence-electron chi connectivity index (χ0n) is 15.7. The summed E-state index contributed by atoms with van der Waals surface area (Å²) in [5.41, 5.74) is -1.00.